The van der Waals surface area contributed by atoms with Gasteiger partial charge in [0, 0.05) is 49.3 Å². The number of H-pyrrole nitrogens is 1. The number of carbonyl (C=O) groups excluding carboxylic acids is 1. The van der Waals surface area contributed by atoms with E-state index in [1.165, 1.54) is 6.07 Å². The Hall–Kier alpha value is -5.58. The van der Waals surface area contributed by atoms with Crippen LogP contribution in [-0.4, -0.2) is 45.8 Å². The highest BCUT2D eigenvalue weighted by Gasteiger charge is 2.35. The number of anilines is 3. The molecule has 0 saturated carbocycles. The Kier molecular flexibility index (Phi) is 7.06. The van der Waals surface area contributed by atoms with E-state index in [2.05, 4.69) is 30.9 Å². The van der Waals surface area contributed by atoms with Crippen LogP contribution in [0.5, 0.6) is 0 Å². The first-order valence-electron chi connectivity index (χ1n) is 13.7. The molecule has 5 N–H and O–H groups in total. The van der Waals surface area contributed by atoms with Crippen LogP contribution in [0.2, 0.25) is 0 Å². The van der Waals surface area contributed by atoms with Crippen molar-refractivity contribution in [2.24, 2.45) is 0 Å². The van der Waals surface area contributed by atoms with Crippen molar-refractivity contribution >= 4 is 40.1 Å². The van der Waals surface area contributed by atoms with Crippen molar-refractivity contribution in [3.63, 3.8) is 0 Å². The molecule has 0 saturated heterocycles. The lowest BCUT2D eigenvalue weighted by Crippen LogP contribution is -2.23. The third kappa shape index (κ3) is 4.94. The number of halogens is 1. The lowest BCUT2D eigenvalue weighted by atomic mass is 9.97. The molecule has 0 atom stereocenters. The van der Waals surface area contributed by atoms with Gasteiger partial charge in [-0.15, -0.1) is 0 Å². The van der Waals surface area contributed by atoms with Crippen molar-refractivity contribution < 1.29 is 9.18 Å². The third-order valence-electron chi connectivity index (χ3n) is 7.58. The predicted molar refractivity (Wildman–Crippen MR) is 168 cm³/mol. The summed E-state index contributed by atoms with van der Waals surface area (Å²) in [4.78, 5) is 32.0. The summed E-state index contributed by atoms with van der Waals surface area (Å²) < 4.78 is 15.2. The quantitative estimate of drug-likeness (QED) is 0.121. The Morgan fingerprint density at radius 3 is 2.77 bits per heavy atom. The number of nitrogens with one attached hydrogen (secondary N) is 5. The van der Waals surface area contributed by atoms with E-state index in [9.17, 15) is 4.79 Å². The Balaban J connectivity index is 1.38. The fourth-order valence-electron chi connectivity index (χ4n) is 5.36. The summed E-state index contributed by atoms with van der Waals surface area (Å²) in [5.41, 5.74) is 6.89. The zero-order valence-corrected chi connectivity index (χ0v) is 24.1. The van der Waals surface area contributed by atoms with Gasteiger partial charge in [-0.2, -0.15) is 0 Å². The van der Waals surface area contributed by atoms with E-state index in [0.717, 1.165) is 38.9 Å². The molecular formula is C32H30FN9O. The van der Waals surface area contributed by atoms with Gasteiger partial charge in [0.15, 0.2) is 0 Å². The number of hydrogen-bond acceptors (Lipinski definition) is 7. The van der Waals surface area contributed by atoms with Crippen LogP contribution < -0.4 is 20.9 Å². The van der Waals surface area contributed by atoms with Gasteiger partial charge in [0.05, 0.1) is 29.0 Å². The second kappa shape index (κ2) is 11.0. The molecule has 2 aromatic carbocycles. The number of fused-ring (bicyclic) bond motifs is 2. The minimum Gasteiger partial charge on any atom is -0.392 e. The standard InChI is InChI=1S/C32H30FN9O/c1-17-14-39-32(40-26(34)12-18(2)35-3)41-29(17)22-15-38-30-21(22)6-5-7-25(30)42-16-23-20(8-9-24(33)28(23)31(42)43)19-10-11-37-27(13-19)36-4/h5-15,35,38H,16H2,1-4H3,(H,36,37)(H2,34,39,40,41)/b18-12-. The van der Waals surface area contributed by atoms with Crippen LogP contribution >= 0.6 is 0 Å². The van der Waals surface area contributed by atoms with Crippen LogP contribution in [-0.2, 0) is 6.54 Å². The Morgan fingerprint density at radius 1 is 1.14 bits per heavy atom. The number of aromatic amines is 1. The number of aryl methyl sites for hydroxylation is 1. The average Bonchev–Trinajstić information content (AvgIpc) is 3.60. The van der Waals surface area contributed by atoms with Gasteiger partial charge in [0.1, 0.15) is 17.5 Å². The van der Waals surface area contributed by atoms with E-state index in [-0.39, 0.29) is 17.9 Å². The third-order valence-corrected chi connectivity index (χ3v) is 7.58. The zero-order chi connectivity index (χ0) is 30.2. The van der Waals surface area contributed by atoms with Crippen molar-refractivity contribution in [3.05, 3.63) is 95.3 Å². The molecule has 1 aliphatic heterocycles. The number of amides is 1. The SMILES string of the molecule is CN/C(C)=C\C(=N)Nc1ncc(C)c(-c2c[nH]c3c(N4Cc5c(-c6ccnc(NC)c6)ccc(F)c5C4=O)cccc23)n1. The number of rotatable bonds is 7. The maximum atomic E-state index is 15.2. The molecule has 0 spiro atoms. The van der Waals surface area contributed by atoms with Gasteiger partial charge in [0.25, 0.3) is 5.91 Å². The molecule has 0 bridgehead atoms. The normalized spacial score (nSPS) is 12.9. The van der Waals surface area contributed by atoms with Crippen LogP contribution in [0.1, 0.15) is 28.4 Å². The monoisotopic (exact) mass is 575 g/mol. The van der Waals surface area contributed by atoms with E-state index in [1.54, 1.807) is 43.5 Å². The summed E-state index contributed by atoms with van der Waals surface area (Å²) in [6, 6.07) is 12.5. The average molecular weight is 576 g/mol. The van der Waals surface area contributed by atoms with Gasteiger partial charge in [-0.25, -0.2) is 19.3 Å². The van der Waals surface area contributed by atoms with Gasteiger partial charge in [-0.05, 0) is 66.4 Å². The molecule has 6 rings (SSSR count). The first kappa shape index (κ1) is 27.6. The first-order valence-corrected chi connectivity index (χ1v) is 13.7. The molecule has 3 aromatic heterocycles. The van der Waals surface area contributed by atoms with Crippen LogP contribution in [0.25, 0.3) is 33.3 Å². The lowest BCUT2D eigenvalue weighted by Gasteiger charge is -2.17. The Labute approximate surface area is 247 Å². The van der Waals surface area contributed by atoms with E-state index in [0.29, 0.717) is 28.7 Å². The molecule has 10 nitrogen and oxygen atoms in total. The highest BCUT2D eigenvalue weighted by atomic mass is 19.1. The molecule has 0 aliphatic carbocycles. The second-order valence-electron chi connectivity index (χ2n) is 10.3. The van der Waals surface area contributed by atoms with Crippen molar-refractivity contribution in [2.75, 3.05) is 29.6 Å². The van der Waals surface area contributed by atoms with Crippen molar-refractivity contribution in [2.45, 2.75) is 20.4 Å². The number of amidine groups is 1. The topological polar surface area (TPSA) is 135 Å². The summed E-state index contributed by atoms with van der Waals surface area (Å²) in [5, 5.41) is 18.0. The number of aromatic nitrogens is 4. The number of para-hydroxylation sites is 1. The van der Waals surface area contributed by atoms with E-state index in [4.69, 9.17) is 10.4 Å². The van der Waals surface area contributed by atoms with Crippen LogP contribution in [0.3, 0.4) is 0 Å². The minimum atomic E-state index is -0.546. The molecule has 43 heavy (non-hydrogen) atoms. The van der Waals surface area contributed by atoms with Crippen molar-refractivity contribution in [1.82, 2.24) is 25.3 Å². The highest BCUT2D eigenvalue weighted by Crippen LogP contribution is 2.40. The number of pyridine rings is 1. The Morgan fingerprint density at radius 2 is 1.98 bits per heavy atom. The molecule has 0 unspecified atom stereocenters. The summed E-state index contributed by atoms with van der Waals surface area (Å²) >= 11 is 0. The van der Waals surface area contributed by atoms with Crippen LogP contribution in [0.15, 0.2) is 72.8 Å². The van der Waals surface area contributed by atoms with Crippen LogP contribution in [0.4, 0.5) is 21.8 Å². The van der Waals surface area contributed by atoms with Crippen molar-refractivity contribution in [1.29, 1.82) is 5.41 Å². The smallest absolute Gasteiger partial charge is 0.262 e. The van der Waals surface area contributed by atoms with Gasteiger partial charge in [-0.1, -0.05) is 18.2 Å². The number of allylic oxidation sites excluding steroid dienone is 1. The maximum absolute atomic E-state index is 15.2. The number of hydrogen-bond donors (Lipinski definition) is 5. The summed E-state index contributed by atoms with van der Waals surface area (Å²) in [5.74, 6) is 0.183. The summed E-state index contributed by atoms with van der Waals surface area (Å²) in [7, 11) is 3.57. The summed E-state index contributed by atoms with van der Waals surface area (Å²) in [6.07, 6.45) is 6.89. The predicted octanol–water partition coefficient (Wildman–Crippen LogP) is 5.85. The van der Waals surface area contributed by atoms with Gasteiger partial charge in [0.2, 0.25) is 5.95 Å². The lowest BCUT2D eigenvalue weighted by molar-refractivity contribution is 0.0993. The summed E-state index contributed by atoms with van der Waals surface area (Å²) in [6.45, 7) is 3.99. The molecule has 11 heteroatoms. The largest absolute Gasteiger partial charge is 0.392 e. The number of benzene rings is 2. The molecular weight excluding hydrogens is 545 g/mol. The first-order chi connectivity index (χ1) is 20.8. The van der Waals surface area contributed by atoms with Crippen LogP contribution in [0, 0.1) is 18.2 Å². The second-order valence-corrected chi connectivity index (χ2v) is 10.3. The van der Waals surface area contributed by atoms with Crippen molar-refractivity contribution in [3.8, 4) is 22.4 Å². The minimum absolute atomic E-state index is 0.0801. The molecule has 0 radical (unpaired) electrons. The molecule has 5 aromatic rings. The van der Waals surface area contributed by atoms with Gasteiger partial charge >= 0.3 is 0 Å². The van der Waals surface area contributed by atoms with E-state index >= 15 is 4.39 Å². The highest BCUT2D eigenvalue weighted by molar-refractivity contribution is 6.15. The fraction of sp³-hybridized carbons (Fsp3) is 0.156. The number of carbonyl (C=O) groups is 1. The van der Waals surface area contributed by atoms with Gasteiger partial charge < -0.3 is 25.8 Å². The molecule has 216 valence electrons. The Bertz CT molecular complexity index is 1950. The van der Waals surface area contributed by atoms with E-state index < -0.39 is 11.7 Å². The zero-order valence-electron chi connectivity index (χ0n) is 24.1. The fourth-order valence-corrected chi connectivity index (χ4v) is 5.36. The molecule has 1 amide bonds. The molecule has 4 heterocycles. The maximum Gasteiger partial charge on any atom is 0.262 e. The van der Waals surface area contributed by atoms with Gasteiger partial charge in [-0.3, -0.25) is 10.2 Å². The molecule has 1 aliphatic rings. The van der Waals surface area contributed by atoms with E-state index in [1.807, 2.05) is 50.4 Å². The number of nitrogens with zero attached hydrogens (tertiary/aromatic N) is 4. The molecule has 0 fully saturated rings.